The van der Waals surface area contributed by atoms with E-state index in [2.05, 4.69) is 55.9 Å². The smallest absolute Gasteiger partial charge is 0.144 e. The number of rotatable bonds is 3. The van der Waals surface area contributed by atoms with Gasteiger partial charge in [-0.25, -0.2) is 5.43 Å². The molecule has 3 nitrogen and oxygen atoms in total. The zero-order valence-electron chi connectivity index (χ0n) is 13.3. The summed E-state index contributed by atoms with van der Waals surface area (Å²) in [6.07, 6.45) is 2.04. The van der Waals surface area contributed by atoms with Gasteiger partial charge in [0.1, 0.15) is 11.9 Å². The molecule has 3 rings (SSSR count). The van der Waals surface area contributed by atoms with E-state index in [9.17, 15) is 0 Å². The standard InChI is InChI=1S/C19H22N2O/c1-19(2,3)21-20-16-13-18(14-9-5-4-6-10-14)22-17-12-8-7-11-15(16)17/h4-13,18,20-21H,1-3H3/t18-/m0/s1. The molecule has 1 aliphatic rings. The van der Waals surface area contributed by atoms with Crippen molar-refractivity contribution in [3.05, 3.63) is 71.8 Å². The van der Waals surface area contributed by atoms with E-state index >= 15 is 0 Å². The molecule has 2 aromatic rings. The minimum absolute atomic E-state index is 0.0175. The summed E-state index contributed by atoms with van der Waals surface area (Å²) in [5, 5.41) is 0. The lowest BCUT2D eigenvalue weighted by Crippen LogP contribution is -2.45. The largest absolute Gasteiger partial charge is 0.481 e. The minimum atomic E-state index is -0.0830. The van der Waals surface area contributed by atoms with Crippen LogP contribution >= 0.6 is 0 Å². The van der Waals surface area contributed by atoms with E-state index in [-0.39, 0.29) is 11.6 Å². The van der Waals surface area contributed by atoms with Crippen molar-refractivity contribution in [2.75, 3.05) is 0 Å². The van der Waals surface area contributed by atoms with E-state index in [0.717, 1.165) is 22.6 Å². The lowest BCUT2D eigenvalue weighted by Gasteiger charge is -2.29. The summed E-state index contributed by atoms with van der Waals surface area (Å²) in [6, 6.07) is 18.4. The Balaban J connectivity index is 1.93. The summed E-state index contributed by atoms with van der Waals surface area (Å²) >= 11 is 0. The first-order valence-corrected chi connectivity index (χ1v) is 7.59. The maximum atomic E-state index is 6.14. The summed E-state index contributed by atoms with van der Waals surface area (Å²) in [7, 11) is 0. The number of fused-ring (bicyclic) bond motifs is 1. The summed E-state index contributed by atoms with van der Waals surface area (Å²) in [5.74, 6) is 0.900. The van der Waals surface area contributed by atoms with E-state index in [1.165, 1.54) is 0 Å². The van der Waals surface area contributed by atoms with Crippen molar-refractivity contribution in [3.8, 4) is 5.75 Å². The predicted molar refractivity (Wildman–Crippen MR) is 90.3 cm³/mol. The number of hydrogen-bond donors (Lipinski definition) is 2. The van der Waals surface area contributed by atoms with Crippen molar-refractivity contribution in [3.63, 3.8) is 0 Å². The Hall–Kier alpha value is -2.26. The van der Waals surface area contributed by atoms with Gasteiger partial charge in [-0.3, -0.25) is 0 Å². The Morgan fingerprint density at radius 1 is 0.909 bits per heavy atom. The molecule has 2 aromatic carbocycles. The molecule has 0 fully saturated rings. The zero-order valence-corrected chi connectivity index (χ0v) is 13.3. The first kappa shape index (κ1) is 14.7. The monoisotopic (exact) mass is 294 g/mol. The van der Waals surface area contributed by atoms with Gasteiger partial charge in [0.25, 0.3) is 0 Å². The van der Waals surface area contributed by atoms with E-state index in [4.69, 9.17) is 4.74 Å². The highest BCUT2D eigenvalue weighted by atomic mass is 16.5. The molecule has 0 radical (unpaired) electrons. The summed E-state index contributed by atoms with van der Waals surface area (Å²) in [4.78, 5) is 0. The zero-order chi connectivity index (χ0) is 15.6. The third-order valence-electron chi connectivity index (χ3n) is 3.45. The fraction of sp³-hybridized carbons (Fsp3) is 0.263. The van der Waals surface area contributed by atoms with Crippen LogP contribution in [0, 0.1) is 0 Å². The van der Waals surface area contributed by atoms with Gasteiger partial charge in [-0.1, -0.05) is 42.5 Å². The third kappa shape index (κ3) is 3.31. The Morgan fingerprint density at radius 2 is 1.59 bits per heavy atom. The Labute approximate surface area is 132 Å². The van der Waals surface area contributed by atoms with Gasteiger partial charge in [0.15, 0.2) is 0 Å². The highest BCUT2D eigenvalue weighted by Gasteiger charge is 2.22. The normalized spacial score (nSPS) is 17.2. The third-order valence-corrected chi connectivity index (χ3v) is 3.45. The van der Waals surface area contributed by atoms with Crippen LogP contribution in [0.1, 0.15) is 38.0 Å². The number of hydrazine groups is 1. The molecule has 0 aliphatic carbocycles. The molecule has 114 valence electrons. The first-order valence-electron chi connectivity index (χ1n) is 7.59. The Morgan fingerprint density at radius 3 is 2.32 bits per heavy atom. The van der Waals surface area contributed by atoms with Crippen molar-refractivity contribution in [2.45, 2.75) is 32.4 Å². The van der Waals surface area contributed by atoms with E-state index < -0.39 is 0 Å². The summed E-state index contributed by atoms with van der Waals surface area (Å²) in [5.41, 5.74) is 9.93. The average Bonchev–Trinajstić information content (AvgIpc) is 2.52. The topological polar surface area (TPSA) is 33.3 Å². The van der Waals surface area contributed by atoms with Crippen molar-refractivity contribution < 1.29 is 4.74 Å². The second kappa shape index (κ2) is 5.85. The van der Waals surface area contributed by atoms with Gasteiger partial charge in [-0.05, 0) is 44.5 Å². The molecular weight excluding hydrogens is 272 g/mol. The molecule has 0 aromatic heterocycles. The van der Waals surface area contributed by atoms with Crippen molar-refractivity contribution >= 4 is 5.70 Å². The van der Waals surface area contributed by atoms with Gasteiger partial charge < -0.3 is 10.2 Å². The highest BCUT2D eigenvalue weighted by Crippen LogP contribution is 2.35. The molecule has 0 amide bonds. The van der Waals surface area contributed by atoms with Crippen LogP contribution in [0.5, 0.6) is 5.75 Å². The molecule has 1 aliphatic heterocycles. The Kier molecular flexibility index (Phi) is 3.90. The number of para-hydroxylation sites is 1. The van der Waals surface area contributed by atoms with Gasteiger partial charge >= 0.3 is 0 Å². The van der Waals surface area contributed by atoms with Crippen LogP contribution in [0.15, 0.2) is 60.7 Å². The number of benzene rings is 2. The Bertz CT molecular complexity index is 671. The lowest BCUT2D eigenvalue weighted by molar-refractivity contribution is 0.248. The van der Waals surface area contributed by atoms with E-state index in [0.29, 0.717) is 0 Å². The fourth-order valence-corrected chi connectivity index (χ4v) is 2.37. The molecule has 3 heteroatoms. The predicted octanol–water partition coefficient (Wildman–Crippen LogP) is 4.05. The molecule has 0 spiro atoms. The van der Waals surface area contributed by atoms with Crippen LogP contribution in [-0.2, 0) is 0 Å². The minimum Gasteiger partial charge on any atom is -0.481 e. The summed E-state index contributed by atoms with van der Waals surface area (Å²) < 4.78 is 6.14. The van der Waals surface area contributed by atoms with Crippen molar-refractivity contribution in [2.24, 2.45) is 0 Å². The second-order valence-electron chi connectivity index (χ2n) is 6.53. The van der Waals surface area contributed by atoms with Gasteiger partial charge in [0, 0.05) is 11.1 Å². The van der Waals surface area contributed by atoms with Gasteiger partial charge in [-0.15, -0.1) is 0 Å². The average molecular weight is 294 g/mol. The number of nitrogens with one attached hydrogen (secondary N) is 2. The SMILES string of the molecule is CC(C)(C)NNC1=C[C@@H](c2ccccc2)Oc2ccccc21. The molecule has 1 atom stereocenters. The molecule has 22 heavy (non-hydrogen) atoms. The molecule has 0 saturated heterocycles. The molecule has 1 heterocycles. The van der Waals surface area contributed by atoms with Crippen molar-refractivity contribution in [1.82, 2.24) is 10.9 Å². The van der Waals surface area contributed by atoms with Gasteiger partial charge in [-0.2, -0.15) is 0 Å². The molecule has 0 unspecified atom stereocenters. The van der Waals surface area contributed by atoms with Crippen LogP contribution < -0.4 is 15.6 Å². The van der Waals surface area contributed by atoms with Crippen LogP contribution in [0.3, 0.4) is 0 Å². The number of ether oxygens (including phenoxy) is 1. The fourth-order valence-electron chi connectivity index (χ4n) is 2.37. The molecule has 0 saturated carbocycles. The quantitative estimate of drug-likeness (QED) is 0.838. The highest BCUT2D eigenvalue weighted by molar-refractivity contribution is 5.71. The van der Waals surface area contributed by atoms with E-state index in [1.54, 1.807) is 0 Å². The molecule has 2 N–H and O–H groups in total. The van der Waals surface area contributed by atoms with E-state index in [1.807, 2.05) is 36.4 Å². The van der Waals surface area contributed by atoms with Crippen LogP contribution in [0.25, 0.3) is 5.70 Å². The van der Waals surface area contributed by atoms with Gasteiger partial charge in [0.2, 0.25) is 0 Å². The van der Waals surface area contributed by atoms with Crippen LogP contribution in [-0.4, -0.2) is 5.54 Å². The maximum Gasteiger partial charge on any atom is 0.144 e. The number of hydrogen-bond acceptors (Lipinski definition) is 3. The first-order chi connectivity index (χ1) is 10.5. The summed E-state index contributed by atoms with van der Waals surface area (Å²) in [6.45, 7) is 6.38. The van der Waals surface area contributed by atoms with Crippen LogP contribution in [0.4, 0.5) is 0 Å². The molecule has 0 bridgehead atoms. The second-order valence-corrected chi connectivity index (χ2v) is 6.53. The molecular formula is C19H22N2O. The van der Waals surface area contributed by atoms with Gasteiger partial charge in [0.05, 0.1) is 5.70 Å². The van der Waals surface area contributed by atoms with Crippen LogP contribution in [0.2, 0.25) is 0 Å². The van der Waals surface area contributed by atoms with Crippen molar-refractivity contribution in [1.29, 1.82) is 0 Å². The maximum absolute atomic E-state index is 6.14. The lowest BCUT2D eigenvalue weighted by atomic mass is 10.0.